The molecule has 0 bridgehead atoms. The minimum atomic E-state index is -0.861. The monoisotopic (exact) mass is 485 g/mol. The summed E-state index contributed by atoms with van der Waals surface area (Å²) in [5.41, 5.74) is 2.97. The third-order valence-electron chi connectivity index (χ3n) is 6.35. The van der Waals surface area contributed by atoms with Crippen LogP contribution in [0.15, 0.2) is 70.0 Å². The van der Waals surface area contributed by atoms with Gasteiger partial charge >= 0.3 is 5.97 Å². The predicted octanol–water partition coefficient (Wildman–Crippen LogP) is 3.10. The molecule has 2 aromatic heterocycles. The van der Waals surface area contributed by atoms with Crippen LogP contribution in [0.3, 0.4) is 0 Å². The molecule has 1 unspecified atom stereocenters. The molecular weight excluding hydrogens is 462 g/mol. The van der Waals surface area contributed by atoms with E-state index in [4.69, 9.17) is 14.3 Å². The van der Waals surface area contributed by atoms with Crippen molar-refractivity contribution in [1.29, 1.82) is 0 Å². The van der Waals surface area contributed by atoms with Gasteiger partial charge in [-0.1, -0.05) is 24.3 Å². The molecule has 2 aromatic carbocycles. The third-order valence-corrected chi connectivity index (χ3v) is 6.35. The Morgan fingerprint density at radius 3 is 2.64 bits per heavy atom. The fourth-order valence-corrected chi connectivity index (χ4v) is 4.37. The molecule has 10 heteroatoms. The largest absolute Gasteiger partial charge is 0.480 e. The van der Waals surface area contributed by atoms with Gasteiger partial charge in [0, 0.05) is 36.6 Å². The summed E-state index contributed by atoms with van der Waals surface area (Å²) in [6.07, 6.45) is 1.60. The number of benzene rings is 2. The Kier molecular flexibility index (Phi) is 5.49. The molecule has 4 aromatic rings. The topological polar surface area (TPSA) is 121 Å². The summed E-state index contributed by atoms with van der Waals surface area (Å²) in [6, 6.07) is 15.9. The number of aliphatic carboxylic acids is 1. The number of carboxylic acids is 1. The van der Waals surface area contributed by atoms with E-state index in [0.717, 1.165) is 16.8 Å². The molecule has 2 N–H and O–H groups in total. The molecule has 2 saturated heterocycles. The number of nitrogens with zero attached hydrogens (tertiary/aromatic N) is 4. The van der Waals surface area contributed by atoms with Crippen LogP contribution in [-0.4, -0.2) is 59.9 Å². The van der Waals surface area contributed by atoms with Gasteiger partial charge in [-0.3, -0.25) is 4.79 Å². The zero-order chi connectivity index (χ0) is 24.6. The minimum Gasteiger partial charge on any atom is -0.480 e. The molecule has 36 heavy (non-hydrogen) atoms. The van der Waals surface area contributed by atoms with Gasteiger partial charge in [0.1, 0.15) is 17.4 Å². The molecule has 2 fully saturated rings. The van der Waals surface area contributed by atoms with Crippen molar-refractivity contribution in [1.82, 2.24) is 9.97 Å². The number of para-hydroxylation sites is 1. The highest BCUT2D eigenvalue weighted by Crippen LogP contribution is 2.32. The Hall–Kier alpha value is -4.44. The Balaban J connectivity index is 1.26. The molecule has 2 aliphatic heterocycles. The number of hydrogen-bond acceptors (Lipinski definition) is 9. The van der Waals surface area contributed by atoms with Crippen molar-refractivity contribution in [2.45, 2.75) is 6.04 Å². The Morgan fingerprint density at radius 2 is 1.89 bits per heavy atom. The minimum absolute atomic E-state index is 0.0774. The van der Waals surface area contributed by atoms with Crippen LogP contribution in [0, 0.1) is 0 Å². The number of aromatic nitrogens is 2. The fourth-order valence-electron chi connectivity index (χ4n) is 4.37. The van der Waals surface area contributed by atoms with E-state index in [-0.39, 0.29) is 5.43 Å². The number of ether oxygens (including phenoxy) is 1. The van der Waals surface area contributed by atoms with Crippen molar-refractivity contribution >= 4 is 40.3 Å². The van der Waals surface area contributed by atoms with E-state index in [2.05, 4.69) is 15.3 Å². The number of carbonyl (C=O) groups is 1. The quantitative estimate of drug-likeness (QED) is 0.394. The van der Waals surface area contributed by atoms with Gasteiger partial charge in [-0.2, -0.15) is 4.98 Å². The van der Waals surface area contributed by atoms with Crippen LogP contribution in [0.5, 0.6) is 0 Å². The van der Waals surface area contributed by atoms with Gasteiger partial charge in [-0.05, 0) is 29.8 Å². The van der Waals surface area contributed by atoms with Gasteiger partial charge in [0.15, 0.2) is 11.3 Å². The molecule has 0 spiro atoms. The second kappa shape index (κ2) is 8.97. The standard InChI is InChI=1S/C26H23N5O5/c32-21-14-23(30-10-12-35-13-11-30)36-24-18(2-1-3-19(21)24)16-4-6-17(7-5-16)28-26-27-9-8-22(29-26)31-15-20(31)25(33)34/h1-9,14,20H,10-13,15H2,(H,33,34)(H,27,28,29). The molecule has 182 valence electrons. The van der Waals surface area contributed by atoms with E-state index in [1.54, 1.807) is 29.3 Å². The van der Waals surface area contributed by atoms with Gasteiger partial charge in [-0.25, -0.2) is 9.78 Å². The van der Waals surface area contributed by atoms with Crippen LogP contribution in [0.4, 0.5) is 23.3 Å². The first kappa shape index (κ1) is 22.1. The van der Waals surface area contributed by atoms with Crippen molar-refractivity contribution < 1.29 is 19.1 Å². The zero-order valence-electron chi connectivity index (χ0n) is 19.3. The van der Waals surface area contributed by atoms with Crippen LogP contribution in [-0.2, 0) is 9.53 Å². The maximum absolute atomic E-state index is 12.8. The summed E-state index contributed by atoms with van der Waals surface area (Å²) < 4.78 is 11.7. The van der Waals surface area contributed by atoms with Crippen molar-refractivity contribution in [3.05, 3.63) is 71.0 Å². The molecule has 10 nitrogen and oxygen atoms in total. The van der Waals surface area contributed by atoms with Gasteiger partial charge in [0.05, 0.1) is 25.1 Å². The fraction of sp³-hybridized carbons (Fsp3) is 0.231. The average molecular weight is 486 g/mol. The molecular formula is C26H23N5O5. The van der Waals surface area contributed by atoms with E-state index in [9.17, 15) is 9.59 Å². The zero-order valence-corrected chi connectivity index (χ0v) is 19.3. The van der Waals surface area contributed by atoms with Crippen LogP contribution in [0.1, 0.15) is 0 Å². The lowest BCUT2D eigenvalue weighted by Crippen LogP contribution is -2.36. The molecule has 0 aliphatic carbocycles. The smallest absolute Gasteiger partial charge is 0.328 e. The van der Waals surface area contributed by atoms with E-state index >= 15 is 0 Å². The van der Waals surface area contributed by atoms with Crippen LogP contribution >= 0.6 is 0 Å². The van der Waals surface area contributed by atoms with Crippen LogP contribution in [0.2, 0.25) is 0 Å². The number of morpholine rings is 1. The first-order chi connectivity index (χ1) is 17.6. The van der Waals surface area contributed by atoms with Crippen LogP contribution < -0.4 is 20.5 Å². The summed E-state index contributed by atoms with van der Waals surface area (Å²) in [6.45, 7) is 2.99. The van der Waals surface area contributed by atoms with Gasteiger partial charge in [0.2, 0.25) is 5.95 Å². The lowest BCUT2D eigenvalue weighted by molar-refractivity contribution is -0.136. The van der Waals surface area contributed by atoms with Gasteiger partial charge < -0.3 is 29.4 Å². The summed E-state index contributed by atoms with van der Waals surface area (Å²) >= 11 is 0. The second-order valence-corrected chi connectivity index (χ2v) is 8.68. The van der Waals surface area contributed by atoms with Crippen molar-refractivity contribution in [2.24, 2.45) is 0 Å². The molecule has 2 aliphatic rings. The highest BCUT2D eigenvalue weighted by molar-refractivity contribution is 5.92. The summed E-state index contributed by atoms with van der Waals surface area (Å²) in [5.74, 6) is 0.635. The molecule has 4 heterocycles. The molecule has 0 radical (unpaired) electrons. The number of fused-ring (bicyclic) bond motifs is 1. The Morgan fingerprint density at radius 1 is 1.08 bits per heavy atom. The van der Waals surface area contributed by atoms with E-state index in [1.165, 1.54) is 0 Å². The van der Waals surface area contributed by atoms with Gasteiger partial charge in [0.25, 0.3) is 0 Å². The SMILES string of the molecule is O=C(O)C1CN1c1ccnc(Nc2ccc(-c3cccc4c(=O)cc(N5CCOCC5)oc34)cc2)n1. The second-order valence-electron chi connectivity index (χ2n) is 8.68. The third kappa shape index (κ3) is 4.22. The number of carboxylic acid groups (broad SMARTS) is 1. The highest BCUT2D eigenvalue weighted by Gasteiger charge is 2.41. The lowest BCUT2D eigenvalue weighted by atomic mass is 10.0. The lowest BCUT2D eigenvalue weighted by Gasteiger charge is -2.27. The highest BCUT2D eigenvalue weighted by atomic mass is 16.5. The molecule has 1 atom stereocenters. The number of rotatable bonds is 6. The molecule has 0 saturated carbocycles. The van der Waals surface area contributed by atoms with E-state index in [1.807, 2.05) is 41.3 Å². The predicted molar refractivity (Wildman–Crippen MR) is 135 cm³/mol. The first-order valence-electron chi connectivity index (χ1n) is 11.7. The Bertz CT molecular complexity index is 1500. The first-order valence-corrected chi connectivity index (χ1v) is 11.7. The van der Waals surface area contributed by atoms with Gasteiger partial charge in [-0.15, -0.1) is 0 Å². The average Bonchev–Trinajstić information content (AvgIpc) is 3.71. The summed E-state index contributed by atoms with van der Waals surface area (Å²) in [4.78, 5) is 36.4. The maximum Gasteiger partial charge on any atom is 0.328 e. The van der Waals surface area contributed by atoms with E-state index in [0.29, 0.717) is 61.5 Å². The Labute approximate surface area is 205 Å². The summed E-state index contributed by atoms with van der Waals surface area (Å²) in [5, 5.41) is 12.8. The van der Waals surface area contributed by atoms with Crippen molar-refractivity contribution in [3.8, 4) is 11.1 Å². The van der Waals surface area contributed by atoms with E-state index < -0.39 is 12.0 Å². The molecule has 0 amide bonds. The number of anilines is 4. The number of nitrogens with one attached hydrogen (secondary N) is 1. The van der Waals surface area contributed by atoms with Crippen molar-refractivity contribution in [3.63, 3.8) is 0 Å². The normalized spacial score (nSPS) is 17.3. The summed E-state index contributed by atoms with van der Waals surface area (Å²) in [7, 11) is 0. The molecule has 6 rings (SSSR count). The number of hydrogen-bond donors (Lipinski definition) is 2. The van der Waals surface area contributed by atoms with Crippen LogP contribution in [0.25, 0.3) is 22.1 Å². The van der Waals surface area contributed by atoms with Crippen molar-refractivity contribution in [2.75, 3.05) is 48.0 Å². The maximum atomic E-state index is 12.8.